The zero-order valence-electron chi connectivity index (χ0n) is 6.97. The van der Waals surface area contributed by atoms with E-state index in [1.807, 2.05) is 0 Å². The number of rotatable bonds is 1. The van der Waals surface area contributed by atoms with Crippen LogP contribution in [0.2, 0.25) is 0 Å². The van der Waals surface area contributed by atoms with Crippen molar-refractivity contribution in [2.24, 2.45) is 17.8 Å². The fourth-order valence-corrected chi connectivity index (χ4v) is 2.57. The molecule has 2 atom stereocenters. The van der Waals surface area contributed by atoms with Gasteiger partial charge in [-0.2, -0.15) is 0 Å². The van der Waals surface area contributed by atoms with E-state index in [0.717, 1.165) is 17.8 Å². The van der Waals surface area contributed by atoms with E-state index >= 15 is 0 Å². The Labute approximate surface area is 64.0 Å². The molecule has 0 amide bonds. The first-order valence-electron chi connectivity index (χ1n) is 4.88. The minimum atomic E-state index is 1.09. The first-order valence-corrected chi connectivity index (χ1v) is 4.88. The van der Waals surface area contributed by atoms with Crippen LogP contribution in [0.15, 0.2) is 0 Å². The van der Waals surface area contributed by atoms with E-state index in [4.69, 9.17) is 0 Å². The Kier molecular flexibility index (Phi) is 1.71. The fourth-order valence-electron chi connectivity index (χ4n) is 2.57. The Morgan fingerprint density at radius 1 is 1.00 bits per heavy atom. The molecule has 0 spiro atoms. The fraction of sp³-hybridized carbons (Fsp3) is 1.00. The standard InChI is InChI=1S/C10H18/c1-8-7-10(8)9-5-3-2-4-6-9/h8-10H,2-7H2,1H3/t8?,10-/m1/s1. The molecule has 2 fully saturated rings. The molecule has 10 heavy (non-hydrogen) atoms. The lowest BCUT2D eigenvalue weighted by molar-refractivity contribution is 0.312. The molecule has 2 aliphatic carbocycles. The lowest BCUT2D eigenvalue weighted by atomic mass is 9.85. The van der Waals surface area contributed by atoms with Crippen LogP contribution in [0.3, 0.4) is 0 Å². The molecule has 2 aliphatic rings. The third-order valence-electron chi connectivity index (χ3n) is 3.43. The smallest absolute Gasteiger partial charge is 0.0357 e. The van der Waals surface area contributed by atoms with E-state index in [2.05, 4.69) is 6.92 Å². The molecular formula is C10H18. The highest BCUT2D eigenvalue weighted by atomic mass is 14.4. The first-order chi connectivity index (χ1) is 4.88. The Morgan fingerprint density at radius 2 is 1.60 bits per heavy atom. The van der Waals surface area contributed by atoms with Gasteiger partial charge >= 0.3 is 0 Å². The van der Waals surface area contributed by atoms with Gasteiger partial charge in [0.15, 0.2) is 0 Å². The molecule has 0 heteroatoms. The molecule has 0 bridgehead atoms. The molecule has 0 saturated heterocycles. The average molecular weight is 138 g/mol. The highest BCUT2D eigenvalue weighted by molar-refractivity contribution is 4.89. The minimum Gasteiger partial charge on any atom is -0.0622 e. The van der Waals surface area contributed by atoms with Crippen LogP contribution in [0.1, 0.15) is 45.4 Å². The van der Waals surface area contributed by atoms with Crippen molar-refractivity contribution in [3.05, 3.63) is 0 Å². The lowest BCUT2D eigenvalue weighted by Gasteiger charge is -2.21. The number of hydrogen-bond donors (Lipinski definition) is 0. The second-order valence-corrected chi connectivity index (χ2v) is 4.27. The van der Waals surface area contributed by atoms with Crippen LogP contribution in [0, 0.1) is 17.8 Å². The van der Waals surface area contributed by atoms with E-state index in [0.29, 0.717) is 0 Å². The molecule has 2 rings (SSSR count). The first kappa shape index (κ1) is 6.69. The van der Waals surface area contributed by atoms with Gasteiger partial charge in [-0.25, -0.2) is 0 Å². The predicted octanol–water partition coefficient (Wildman–Crippen LogP) is 3.22. The monoisotopic (exact) mass is 138 g/mol. The third kappa shape index (κ3) is 1.21. The van der Waals surface area contributed by atoms with Crippen LogP contribution in [0.4, 0.5) is 0 Å². The molecule has 0 aliphatic heterocycles. The maximum Gasteiger partial charge on any atom is -0.0357 e. The molecule has 0 nitrogen and oxygen atoms in total. The predicted molar refractivity (Wildman–Crippen MR) is 43.8 cm³/mol. The molecule has 0 heterocycles. The Morgan fingerprint density at radius 3 is 2.10 bits per heavy atom. The van der Waals surface area contributed by atoms with Gasteiger partial charge in [0.2, 0.25) is 0 Å². The van der Waals surface area contributed by atoms with Crippen LogP contribution in [0.25, 0.3) is 0 Å². The summed E-state index contributed by atoms with van der Waals surface area (Å²) in [7, 11) is 0. The van der Waals surface area contributed by atoms with Crippen LogP contribution in [-0.4, -0.2) is 0 Å². The third-order valence-corrected chi connectivity index (χ3v) is 3.43. The van der Waals surface area contributed by atoms with Crippen LogP contribution >= 0.6 is 0 Å². The molecular weight excluding hydrogens is 120 g/mol. The maximum absolute atomic E-state index is 2.42. The van der Waals surface area contributed by atoms with E-state index in [9.17, 15) is 0 Å². The average Bonchev–Trinajstić information content (AvgIpc) is 2.69. The second-order valence-electron chi connectivity index (χ2n) is 4.27. The van der Waals surface area contributed by atoms with Gasteiger partial charge in [-0.15, -0.1) is 0 Å². The summed E-state index contributed by atoms with van der Waals surface area (Å²) in [4.78, 5) is 0. The highest BCUT2D eigenvalue weighted by Gasteiger charge is 2.39. The van der Waals surface area contributed by atoms with Crippen molar-refractivity contribution < 1.29 is 0 Å². The summed E-state index contributed by atoms with van der Waals surface area (Å²) in [6.45, 7) is 2.42. The van der Waals surface area contributed by atoms with Crippen LogP contribution < -0.4 is 0 Å². The lowest BCUT2D eigenvalue weighted by Crippen LogP contribution is -2.08. The van der Waals surface area contributed by atoms with E-state index in [-0.39, 0.29) is 0 Å². The topological polar surface area (TPSA) is 0 Å². The van der Waals surface area contributed by atoms with E-state index in [1.54, 1.807) is 19.3 Å². The molecule has 0 aromatic carbocycles. The minimum absolute atomic E-state index is 1.09. The van der Waals surface area contributed by atoms with Gasteiger partial charge in [0.05, 0.1) is 0 Å². The molecule has 0 N–H and O–H groups in total. The maximum atomic E-state index is 2.42. The number of hydrogen-bond acceptors (Lipinski definition) is 0. The van der Waals surface area contributed by atoms with E-state index in [1.165, 1.54) is 19.3 Å². The SMILES string of the molecule is CC1C[C@H]1C1CCCCC1. The largest absolute Gasteiger partial charge is 0.0622 e. The molecule has 1 unspecified atom stereocenters. The van der Waals surface area contributed by atoms with Gasteiger partial charge in [0.1, 0.15) is 0 Å². The quantitative estimate of drug-likeness (QED) is 0.522. The Hall–Kier alpha value is 0. The zero-order chi connectivity index (χ0) is 6.97. The van der Waals surface area contributed by atoms with Crippen molar-refractivity contribution in [3.63, 3.8) is 0 Å². The molecule has 58 valence electrons. The summed E-state index contributed by atoms with van der Waals surface area (Å²) < 4.78 is 0. The van der Waals surface area contributed by atoms with Crippen LogP contribution in [0.5, 0.6) is 0 Å². The Bertz CT molecular complexity index is 111. The second kappa shape index (κ2) is 2.56. The van der Waals surface area contributed by atoms with Crippen LogP contribution in [-0.2, 0) is 0 Å². The van der Waals surface area contributed by atoms with Crippen molar-refractivity contribution >= 4 is 0 Å². The molecule has 0 radical (unpaired) electrons. The van der Waals surface area contributed by atoms with Crippen molar-refractivity contribution in [1.82, 2.24) is 0 Å². The van der Waals surface area contributed by atoms with Gasteiger partial charge < -0.3 is 0 Å². The zero-order valence-corrected chi connectivity index (χ0v) is 6.97. The molecule has 2 saturated carbocycles. The van der Waals surface area contributed by atoms with E-state index < -0.39 is 0 Å². The van der Waals surface area contributed by atoms with Crippen molar-refractivity contribution in [3.8, 4) is 0 Å². The highest BCUT2D eigenvalue weighted by Crippen LogP contribution is 2.48. The summed E-state index contributed by atoms with van der Waals surface area (Å²) in [6.07, 6.45) is 9.20. The normalized spacial score (nSPS) is 41.7. The van der Waals surface area contributed by atoms with Gasteiger partial charge in [0.25, 0.3) is 0 Å². The summed E-state index contributed by atoms with van der Waals surface area (Å²) in [5.41, 5.74) is 0. The van der Waals surface area contributed by atoms with Gasteiger partial charge in [-0.3, -0.25) is 0 Å². The van der Waals surface area contributed by atoms with Gasteiger partial charge in [-0.05, 0) is 24.2 Å². The summed E-state index contributed by atoms with van der Waals surface area (Å²) in [6, 6.07) is 0. The van der Waals surface area contributed by atoms with Crippen molar-refractivity contribution in [2.45, 2.75) is 45.4 Å². The summed E-state index contributed by atoms with van der Waals surface area (Å²) in [5.74, 6) is 3.38. The van der Waals surface area contributed by atoms with Crippen molar-refractivity contribution in [2.75, 3.05) is 0 Å². The van der Waals surface area contributed by atoms with Crippen molar-refractivity contribution in [1.29, 1.82) is 0 Å². The molecule has 0 aromatic heterocycles. The summed E-state index contributed by atoms with van der Waals surface area (Å²) >= 11 is 0. The van der Waals surface area contributed by atoms with Gasteiger partial charge in [0, 0.05) is 0 Å². The summed E-state index contributed by atoms with van der Waals surface area (Å²) in [5, 5.41) is 0. The Balaban J connectivity index is 1.81. The molecule has 0 aromatic rings. The van der Waals surface area contributed by atoms with Gasteiger partial charge in [-0.1, -0.05) is 39.0 Å².